The molecule has 1 aromatic heterocycles. The van der Waals surface area contributed by atoms with Crippen LogP contribution in [0.25, 0.3) is 10.9 Å². The molecule has 0 amide bonds. The van der Waals surface area contributed by atoms with E-state index in [1.54, 1.807) is 16.8 Å². The van der Waals surface area contributed by atoms with Gasteiger partial charge in [0.05, 0.1) is 23.2 Å². The molecule has 2 aromatic rings. The topological polar surface area (TPSA) is 124 Å². The number of hydrogen-bond donors (Lipinski definition) is 3. The van der Waals surface area contributed by atoms with Crippen LogP contribution in [-0.4, -0.2) is 38.5 Å². The Balaban J connectivity index is 2.06. The van der Waals surface area contributed by atoms with Gasteiger partial charge < -0.3 is 25.3 Å². The second-order valence-electron chi connectivity index (χ2n) is 5.34. The van der Waals surface area contributed by atoms with E-state index >= 15 is 0 Å². The molecule has 4 N–H and O–H groups in total. The quantitative estimate of drug-likeness (QED) is 0.563. The smallest absolute Gasteiger partial charge is 0.270 e. The molecular weight excluding hydrogens is 290 g/mol. The van der Waals surface area contributed by atoms with Gasteiger partial charge in [0.1, 0.15) is 12.3 Å². The zero-order valence-electron chi connectivity index (χ0n) is 11.8. The van der Waals surface area contributed by atoms with Crippen LogP contribution in [0.15, 0.2) is 24.4 Å². The van der Waals surface area contributed by atoms with E-state index < -0.39 is 23.4 Å². The van der Waals surface area contributed by atoms with Crippen LogP contribution in [0.5, 0.6) is 0 Å². The Kier molecular flexibility index (Phi) is 3.83. The lowest BCUT2D eigenvalue weighted by molar-refractivity contribution is -0.384. The van der Waals surface area contributed by atoms with Crippen LogP contribution in [0.1, 0.15) is 18.2 Å². The molecule has 8 heteroatoms. The molecule has 3 atom stereocenters. The van der Waals surface area contributed by atoms with Gasteiger partial charge in [-0.3, -0.25) is 10.1 Å². The van der Waals surface area contributed by atoms with E-state index in [4.69, 9.17) is 10.5 Å². The molecule has 2 heterocycles. The fourth-order valence-electron chi connectivity index (χ4n) is 2.88. The highest BCUT2D eigenvalue weighted by Gasteiger charge is 2.35. The molecule has 1 saturated heterocycles. The minimum atomic E-state index is -0.744. The van der Waals surface area contributed by atoms with E-state index in [1.807, 2.05) is 0 Å². The third-order valence-electron chi connectivity index (χ3n) is 4.02. The van der Waals surface area contributed by atoms with Crippen LogP contribution in [0.2, 0.25) is 0 Å². The Morgan fingerprint density at radius 2 is 2.27 bits per heavy atom. The predicted octanol–water partition coefficient (Wildman–Crippen LogP) is 0.649. The average molecular weight is 307 g/mol. The molecule has 3 rings (SSSR count). The number of aromatic nitrogens is 1. The first kappa shape index (κ1) is 14.9. The Morgan fingerprint density at radius 3 is 2.86 bits per heavy atom. The number of nitrogens with zero attached hydrogens (tertiary/aromatic N) is 2. The van der Waals surface area contributed by atoms with E-state index in [9.17, 15) is 20.3 Å². The zero-order chi connectivity index (χ0) is 15.9. The van der Waals surface area contributed by atoms with E-state index in [0.717, 1.165) is 11.1 Å². The van der Waals surface area contributed by atoms with Gasteiger partial charge in [0.15, 0.2) is 0 Å². The molecule has 0 saturated carbocycles. The van der Waals surface area contributed by atoms with E-state index in [-0.39, 0.29) is 18.8 Å². The minimum Gasteiger partial charge on any atom is -0.394 e. The first-order chi connectivity index (χ1) is 10.5. The van der Waals surface area contributed by atoms with Gasteiger partial charge in [-0.15, -0.1) is 0 Å². The molecule has 0 spiro atoms. The highest BCUT2D eigenvalue weighted by Crippen LogP contribution is 2.34. The van der Waals surface area contributed by atoms with Crippen molar-refractivity contribution in [3.05, 3.63) is 40.1 Å². The number of rotatable bonds is 4. The van der Waals surface area contributed by atoms with Gasteiger partial charge in [-0.25, -0.2) is 0 Å². The van der Waals surface area contributed by atoms with Gasteiger partial charge >= 0.3 is 0 Å². The second kappa shape index (κ2) is 5.65. The molecule has 8 nitrogen and oxygen atoms in total. The van der Waals surface area contributed by atoms with Gasteiger partial charge in [0.2, 0.25) is 0 Å². The molecular formula is C14H17N3O5. The summed E-state index contributed by atoms with van der Waals surface area (Å²) in [5.41, 5.74) is 7.24. The summed E-state index contributed by atoms with van der Waals surface area (Å²) in [4.78, 5) is 10.5. The van der Waals surface area contributed by atoms with Crippen LogP contribution in [0.3, 0.4) is 0 Å². The fraction of sp³-hybridized carbons (Fsp3) is 0.429. The van der Waals surface area contributed by atoms with Gasteiger partial charge in [0, 0.05) is 36.7 Å². The largest absolute Gasteiger partial charge is 0.394 e. The maximum absolute atomic E-state index is 10.9. The lowest BCUT2D eigenvalue weighted by Crippen LogP contribution is -2.24. The number of nitro groups is 1. The normalized spacial score (nSPS) is 25.0. The minimum absolute atomic E-state index is 0.000518. The summed E-state index contributed by atoms with van der Waals surface area (Å²) >= 11 is 0. The highest BCUT2D eigenvalue weighted by atomic mass is 16.6. The number of benzene rings is 1. The number of nitrogens with two attached hydrogens (primary N) is 1. The van der Waals surface area contributed by atoms with Crippen molar-refractivity contribution in [3.8, 4) is 0 Å². The van der Waals surface area contributed by atoms with Gasteiger partial charge in [-0.05, 0) is 11.6 Å². The third kappa shape index (κ3) is 2.35. The number of ether oxygens (including phenoxy) is 1. The molecule has 1 fully saturated rings. The lowest BCUT2D eigenvalue weighted by Gasteiger charge is -2.14. The van der Waals surface area contributed by atoms with E-state index in [0.29, 0.717) is 11.8 Å². The van der Waals surface area contributed by atoms with Crippen LogP contribution in [-0.2, 0) is 11.3 Å². The van der Waals surface area contributed by atoms with Gasteiger partial charge in [-0.2, -0.15) is 0 Å². The van der Waals surface area contributed by atoms with Gasteiger partial charge in [0.25, 0.3) is 5.69 Å². The van der Waals surface area contributed by atoms with Crippen molar-refractivity contribution in [1.82, 2.24) is 4.57 Å². The van der Waals surface area contributed by atoms with Crippen molar-refractivity contribution in [2.75, 3.05) is 6.61 Å². The standard InChI is InChI=1S/C14H17N3O5/c15-5-8-6-16(14-4-12(19)13(7-18)22-14)11-2-1-9(17(20)21)3-10(8)11/h1-3,6,12-14,18-19H,4-5,7,15H2. The van der Waals surface area contributed by atoms with Crippen LogP contribution in [0.4, 0.5) is 5.69 Å². The number of hydrogen-bond acceptors (Lipinski definition) is 6. The number of non-ortho nitro benzene ring substituents is 1. The van der Waals surface area contributed by atoms with Crippen LogP contribution in [0, 0.1) is 10.1 Å². The summed E-state index contributed by atoms with van der Waals surface area (Å²) in [5, 5.41) is 30.6. The molecule has 3 unspecified atom stereocenters. The average Bonchev–Trinajstić information content (AvgIpc) is 3.06. The molecule has 0 aliphatic carbocycles. The number of fused-ring (bicyclic) bond motifs is 1. The predicted molar refractivity (Wildman–Crippen MR) is 78.1 cm³/mol. The summed E-state index contributed by atoms with van der Waals surface area (Å²) < 4.78 is 7.45. The van der Waals surface area contributed by atoms with Crippen molar-refractivity contribution in [3.63, 3.8) is 0 Å². The summed E-state index contributed by atoms with van der Waals surface area (Å²) in [6.45, 7) is -0.0184. The Labute approximate surface area is 125 Å². The molecule has 1 aliphatic heterocycles. The van der Waals surface area contributed by atoms with Crippen LogP contribution < -0.4 is 5.73 Å². The fourth-order valence-corrected chi connectivity index (χ4v) is 2.88. The summed E-state index contributed by atoms with van der Waals surface area (Å²) in [7, 11) is 0. The van der Waals surface area contributed by atoms with Crippen LogP contribution >= 0.6 is 0 Å². The van der Waals surface area contributed by atoms with Crippen molar-refractivity contribution in [2.24, 2.45) is 5.73 Å². The number of aliphatic hydroxyl groups is 2. The molecule has 1 aliphatic rings. The van der Waals surface area contributed by atoms with Crippen molar-refractivity contribution in [1.29, 1.82) is 0 Å². The van der Waals surface area contributed by atoms with E-state index in [1.165, 1.54) is 12.1 Å². The summed E-state index contributed by atoms with van der Waals surface area (Å²) in [5.74, 6) is 0. The molecule has 0 bridgehead atoms. The summed E-state index contributed by atoms with van der Waals surface area (Å²) in [6.07, 6.45) is 0.326. The highest BCUT2D eigenvalue weighted by molar-refractivity contribution is 5.86. The SMILES string of the molecule is NCc1cn(C2CC(O)C(CO)O2)c2ccc([N+](=O)[O-])cc12. The molecule has 0 radical (unpaired) electrons. The van der Waals surface area contributed by atoms with Crippen molar-refractivity contribution in [2.45, 2.75) is 31.4 Å². The van der Waals surface area contributed by atoms with E-state index in [2.05, 4.69) is 0 Å². The Morgan fingerprint density at radius 1 is 1.50 bits per heavy atom. The Bertz CT molecular complexity index is 714. The Hall–Kier alpha value is -2.00. The lowest BCUT2D eigenvalue weighted by atomic mass is 10.1. The second-order valence-corrected chi connectivity index (χ2v) is 5.34. The van der Waals surface area contributed by atoms with Crippen molar-refractivity contribution >= 4 is 16.6 Å². The molecule has 118 valence electrons. The first-order valence-electron chi connectivity index (χ1n) is 6.97. The number of nitro benzene ring substituents is 1. The summed E-state index contributed by atoms with van der Waals surface area (Å²) in [6, 6.07) is 4.56. The van der Waals surface area contributed by atoms with Gasteiger partial charge in [-0.1, -0.05) is 0 Å². The maximum Gasteiger partial charge on any atom is 0.270 e. The molecule has 1 aromatic carbocycles. The number of aliphatic hydroxyl groups excluding tert-OH is 2. The zero-order valence-corrected chi connectivity index (χ0v) is 11.8. The maximum atomic E-state index is 10.9. The monoisotopic (exact) mass is 307 g/mol. The van der Waals surface area contributed by atoms with Crippen molar-refractivity contribution < 1.29 is 19.9 Å². The molecule has 22 heavy (non-hydrogen) atoms. The first-order valence-corrected chi connectivity index (χ1v) is 6.97. The third-order valence-corrected chi connectivity index (χ3v) is 4.02.